The highest BCUT2D eigenvalue weighted by molar-refractivity contribution is 7.21. The van der Waals surface area contributed by atoms with Gasteiger partial charge in [-0.25, -0.2) is 4.98 Å². The van der Waals surface area contributed by atoms with Crippen LogP contribution in [0, 0.1) is 5.92 Å². The van der Waals surface area contributed by atoms with E-state index >= 15 is 0 Å². The van der Waals surface area contributed by atoms with E-state index in [0.717, 1.165) is 23.0 Å². The van der Waals surface area contributed by atoms with Gasteiger partial charge in [0.05, 0.1) is 26.1 Å². The summed E-state index contributed by atoms with van der Waals surface area (Å²) in [5.41, 5.74) is 2.11. The third kappa shape index (κ3) is 3.30. The van der Waals surface area contributed by atoms with Crippen molar-refractivity contribution in [3.05, 3.63) is 47.8 Å². The molecule has 1 aromatic carbocycles. The Morgan fingerprint density at radius 1 is 1.10 bits per heavy atom. The largest absolute Gasteiger partial charge is 0.282 e. The first kappa shape index (κ1) is 14.2. The zero-order valence-electron chi connectivity index (χ0n) is 12.7. The molecule has 0 spiro atoms. The van der Waals surface area contributed by atoms with Crippen LogP contribution in [0.15, 0.2) is 47.5 Å². The summed E-state index contributed by atoms with van der Waals surface area (Å²) in [4.78, 5) is 10.7. The molecule has 0 fully saturated rings. The van der Waals surface area contributed by atoms with E-state index in [1.165, 1.54) is 9.58 Å². The third-order valence-corrected chi connectivity index (χ3v) is 4.56. The molecule has 2 nitrogen and oxygen atoms in total. The van der Waals surface area contributed by atoms with Gasteiger partial charge in [-0.05, 0) is 49.6 Å². The van der Waals surface area contributed by atoms with Crippen LogP contribution in [0.1, 0.15) is 27.2 Å². The fraction of sp³-hybridized carbons (Fsp3) is 0.333. The first-order chi connectivity index (χ1) is 10.1. The van der Waals surface area contributed by atoms with E-state index in [1.54, 1.807) is 11.3 Å². The van der Waals surface area contributed by atoms with Gasteiger partial charge >= 0.3 is 0 Å². The molecule has 0 N–H and O–H groups in total. The Morgan fingerprint density at radius 2 is 1.90 bits per heavy atom. The molecular weight excluding hydrogens is 276 g/mol. The van der Waals surface area contributed by atoms with Gasteiger partial charge in [0.1, 0.15) is 0 Å². The van der Waals surface area contributed by atoms with Gasteiger partial charge in [-0.15, -0.1) is 11.3 Å². The molecule has 0 bridgehead atoms. The van der Waals surface area contributed by atoms with Crippen molar-refractivity contribution in [2.45, 2.75) is 33.2 Å². The van der Waals surface area contributed by atoms with E-state index in [1.807, 2.05) is 6.07 Å². The molecule has 0 saturated carbocycles. The summed E-state index contributed by atoms with van der Waals surface area (Å²) >= 11 is 1.78. The van der Waals surface area contributed by atoms with Crippen LogP contribution in [0.2, 0.25) is 0 Å². The minimum Gasteiger partial charge on any atom is -0.282 e. The van der Waals surface area contributed by atoms with E-state index in [-0.39, 0.29) is 0 Å². The first-order valence-electron chi connectivity index (χ1n) is 7.45. The lowest BCUT2D eigenvalue weighted by molar-refractivity contribution is 0.515. The summed E-state index contributed by atoms with van der Waals surface area (Å²) in [5, 5.41) is 1.06. The summed E-state index contributed by atoms with van der Waals surface area (Å²) in [7, 11) is 0. The fourth-order valence-electron chi connectivity index (χ4n) is 2.63. The molecule has 0 saturated heterocycles. The van der Waals surface area contributed by atoms with Crippen molar-refractivity contribution in [1.82, 2.24) is 4.98 Å². The Balaban J connectivity index is 2.05. The molecule has 2 aliphatic rings. The summed E-state index contributed by atoms with van der Waals surface area (Å²) in [6.07, 6.45) is 1.12. The number of rotatable bonds is 3. The van der Waals surface area contributed by atoms with Crippen molar-refractivity contribution < 1.29 is 0 Å². The second-order valence-corrected chi connectivity index (χ2v) is 7.03. The zero-order chi connectivity index (χ0) is 14.8. The van der Waals surface area contributed by atoms with Gasteiger partial charge in [-0.3, -0.25) is 4.99 Å². The summed E-state index contributed by atoms with van der Waals surface area (Å²) in [6.45, 7) is 6.67. The van der Waals surface area contributed by atoms with E-state index in [4.69, 9.17) is 9.98 Å². The second-order valence-electron chi connectivity index (χ2n) is 5.94. The summed E-state index contributed by atoms with van der Waals surface area (Å²) in [6, 6.07) is 15.0. The maximum Gasteiger partial charge on any atom is 0.0811 e. The molecule has 1 aliphatic heterocycles. The lowest BCUT2D eigenvalue weighted by atomic mass is 10.1. The maximum atomic E-state index is 4.81. The molecule has 3 heteroatoms. The van der Waals surface area contributed by atoms with Crippen LogP contribution in [0.5, 0.6) is 0 Å². The molecule has 1 atom stereocenters. The molecule has 21 heavy (non-hydrogen) atoms. The molecule has 0 aromatic heterocycles. The van der Waals surface area contributed by atoms with E-state index in [9.17, 15) is 0 Å². The van der Waals surface area contributed by atoms with Gasteiger partial charge in [0.15, 0.2) is 0 Å². The number of hydrogen-bond donors (Lipinski definition) is 0. The molecule has 108 valence electrons. The maximum absolute atomic E-state index is 4.81. The van der Waals surface area contributed by atoms with Gasteiger partial charge in [0.2, 0.25) is 0 Å². The van der Waals surface area contributed by atoms with Gasteiger partial charge in [-0.1, -0.05) is 26.0 Å². The number of benzene rings is 2. The van der Waals surface area contributed by atoms with Crippen molar-refractivity contribution >= 4 is 21.6 Å². The monoisotopic (exact) mass is 296 g/mol. The predicted molar refractivity (Wildman–Crippen MR) is 90.7 cm³/mol. The standard InChI is InChI=1S/C18H20N2S/c1-12(2)10-13(3)19-14-8-9-16-18(11-14)21-17-7-5-4-6-15(17)20-16/h4-9,11-13H,10H2,1-3H3. The van der Waals surface area contributed by atoms with Crippen molar-refractivity contribution in [2.24, 2.45) is 10.9 Å². The molecule has 1 aliphatic carbocycles. The number of nitrogens with zero attached hydrogens (tertiary/aromatic N) is 2. The molecule has 0 amide bonds. The molecule has 1 heterocycles. The predicted octanol–water partition coefficient (Wildman–Crippen LogP) is 4.74. The fourth-order valence-corrected chi connectivity index (χ4v) is 3.63. The molecular formula is C18H20N2S. The number of hydrogen-bond acceptors (Lipinski definition) is 3. The number of fused-ring (bicyclic) bond motifs is 2. The Hall–Kier alpha value is -1.74. The molecule has 0 radical (unpaired) electrons. The van der Waals surface area contributed by atoms with Gasteiger partial charge in [0, 0.05) is 6.04 Å². The Labute approximate surface area is 129 Å². The van der Waals surface area contributed by atoms with Crippen LogP contribution in [0.4, 0.5) is 0 Å². The highest BCUT2D eigenvalue weighted by atomic mass is 32.1. The topological polar surface area (TPSA) is 25.2 Å². The zero-order valence-corrected chi connectivity index (χ0v) is 13.5. The first-order valence-corrected chi connectivity index (χ1v) is 8.27. The minimum atomic E-state index is 0.362. The smallest absolute Gasteiger partial charge is 0.0811 e. The Morgan fingerprint density at radius 3 is 2.71 bits per heavy atom. The quantitative estimate of drug-likeness (QED) is 0.641. The third-order valence-electron chi connectivity index (χ3n) is 3.45. The highest BCUT2D eigenvalue weighted by Crippen LogP contribution is 2.28. The molecule has 3 rings (SSSR count). The molecule has 1 unspecified atom stereocenters. The highest BCUT2D eigenvalue weighted by Gasteiger charge is 2.07. The second kappa shape index (κ2) is 5.94. The summed E-state index contributed by atoms with van der Waals surface area (Å²) < 4.78 is 1.22. The SMILES string of the molecule is CC(C)CC(C)N=c1ccc2nc3ccccc3sc-2c1. The van der Waals surface area contributed by atoms with Crippen molar-refractivity contribution in [1.29, 1.82) is 0 Å². The van der Waals surface area contributed by atoms with Crippen LogP contribution >= 0.6 is 11.3 Å². The van der Waals surface area contributed by atoms with Crippen LogP contribution in [0.25, 0.3) is 20.8 Å². The molecule has 1 aromatic rings. The summed E-state index contributed by atoms with van der Waals surface area (Å²) in [5.74, 6) is 0.678. The van der Waals surface area contributed by atoms with Crippen LogP contribution in [-0.4, -0.2) is 11.0 Å². The lowest BCUT2D eigenvalue weighted by Gasteiger charge is -2.09. The van der Waals surface area contributed by atoms with Gasteiger partial charge in [-0.2, -0.15) is 0 Å². The Bertz CT molecular complexity index is 789. The number of aromatic nitrogens is 1. The van der Waals surface area contributed by atoms with Crippen LogP contribution in [0.3, 0.4) is 0 Å². The van der Waals surface area contributed by atoms with Crippen LogP contribution < -0.4 is 5.36 Å². The van der Waals surface area contributed by atoms with E-state index in [2.05, 4.69) is 57.2 Å². The Kier molecular flexibility index (Phi) is 4.02. The van der Waals surface area contributed by atoms with Crippen LogP contribution in [-0.2, 0) is 0 Å². The number of para-hydroxylation sites is 1. The van der Waals surface area contributed by atoms with Crippen molar-refractivity contribution in [3.63, 3.8) is 0 Å². The van der Waals surface area contributed by atoms with E-state index < -0.39 is 0 Å². The average Bonchev–Trinajstić information content (AvgIpc) is 2.44. The van der Waals surface area contributed by atoms with Crippen molar-refractivity contribution in [2.75, 3.05) is 0 Å². The van der Waals surface area contributed by atoms with E-state index in [0.29, 0.717) is 12.0 Å². The average molecular weight is 296 g/mol. The van der Waals surface area contributed by atoms with Gasteiger partial charge < -0.3 is 0 Å². The minimum absolute atomic E-state index is 0.362. The van der Waals surface area contributed by atoms with Gasteiger partial charge in [0.25, 0.3) is 0 Å². The lowest BCUT2D eigenvalue weighted by Crippen LogP contribution is -2.10. The van der Waals surface area contributed by atoms with Crippen molar-refractivity contribution in [3.8, 4) is 10.6 Å². The normalized spacial score (nSPS) is 14.2.